The van der Waals surface area contributed by atoms with Crippen LogP contribution in [0.25, 0.3) is 0 Å². The molecule has 3 heterocycles. The van der Waals surface area contributed by atoms with Crippen LogP contribution in [0, 0.1) is 0 Å². The summed E-state index contributed by atoms with van der Waals surface area (Å²) in [5.74, 6) is 0.327. The number of amides is 1. The van der Waals surface area contributed by atoms with Crippen LogP contribution in [0.1, 0.15) is 30.1 Å². The fraction of sp³-hybridized carbons (Fsp3) is 0.438. The third-order valence-corrected chi connectivity index (χ3v) is 4.33. The first-order valence-corrected chi connectivity index (χ1v) is 7.92. The predicted octanol–water partition coefficient (Wildman–Crippen LogP) is 2.17. The average Bonchev–Trinajstić information content (AvgIpc) is 3.01. The fourth-order valence-electron chi connectivity index (χ4n) is 3.20. The lowest BCUT2D eigenvalue weighted by Gasteiger charge is -2.33. The van der Waals surface area contributed by atoms with E-state index in [0.29, 0.717) is 25.9 Å². The van der Waals surface area contributed by atoms with Gasteiger partial charge in [-0.2, -0.15) is 13.2 Å². The summed E-state index contributed by atoms with van der Waals surface area (Å²) in [4.78, 5) is 21.0. The normalized spacial score (nSPS) is 16.2. The zero-order valence-electron chi connectivity index (χ0n) is 13.4. The summed E-state index contributed by atoms with van der Waals surface area (Å²) in [6.45, 7) is 0.927. The standard InChI is InChI=1S/C16H18F3N5O/c17-16(18,19)12-2-1-5-21-15(12)23-7-3-11(4-8-23)14-22-6-9-24(14)10-13(20)25/h1-2,5-6,9,11H,3-4,7-8,10H2,(H2,20,25). The first kappa shape index (κ1) is 17.2. The Balaban J connectivity index is 1.73. The third-order valence-electron chi connectivity index (χ3n) is 4.33. The molecule has 0 aromatic carbocycles. The van der Waals surface area contributed by atoms with Crippen molar-refractivity contribution in [3.63, 3.8) is 0 Å². The van der Waals surface area contributed by atoms with Crippen LogP contribution < -0.4 is 10.6 Å². The highest BCUT2D eigenvalue weighted by Gasteiger charge is 2.36. The third kappa shape index (κ3) is 3.75. The van der Waals surface area contributed by atoms with Gasteiger partial charge in [-0.15, -0.1) is 0 Å². The monoisotopic (exact) mass is 353 g/mol. The molecule has 1 amide bonds. The van der Waals surface area contributed by atoms with E-state index in [9.17, 15) is 18.0 Å². The van der Waals surface area contributed by atoms with Gasteiger partial charge in [-0.3, -0.25) is 4.79 Å². The van der Waals surface area contributed by atoms with E-state index in [1.165, 1.54) is 12.3 Å². The molecule has 0 bridgehead atoms. The molecule has 134 valence electrons. The molecular formula is C16H18F3N5O. The molecular weight excluding hydrogens is 335 g/mol. The number of carbonyl (C=O) groups is 1. The number of nitrogens with two attached hydrogens (primary N) is 1. The summed E-state index contributed by atoms with van der Waals surface area (Å²) in [6, 6.07) is 2.34. The quantitative estimate of drug-likeness (QED) is 0.914. The van der Waals surface area contributed by atoms with E-state index in [4.69, 9.17) is 5.73 Å². The number of hydrogen-bond acceptors (Lipinski definition) is 4. The van der Waals surface area contributed by atoms with Crippen molar-refractivity contribution in [3.8, 4) is 0 Å². The minimum atomic E-state index is -4.43. The maximum atomic E-state index is 13.2. The molecule has 6 nitrogen and oxygen atoms in total. The predicted molar refractivity (Wildman–Crippen MR) is 84.8 cm³/mol. The zero-order valence-corrected chi connectivity index (χ0v) is 13.4. The van der Waals surface area contributed by atoms with Crippen LogP contribution in [0.15, 0.2) is 30.7 Å². The number of nitrogens with zero attached hydrogens (tertiary/aromatic N) is 4. The van der Waals surface area contributed by atoms with Crippen LogP contribution in [-0.2, 0) is 17.5 Å². The molecule has 0 atom stereocenters. The second kappa shape index (κ2) is 6.73. The highest BCUT2D eigenvalue weighted by atomic mass is 19.4. The van der Waals surface area contributed by atoms with Gasteiger partial charge in [-0.25, -0.2) is 9.97 Å². The summed E-state index contributed by atoms with van der Waals surface area (Å²) in [5.41, 5.74) is 4.51. The molecule has 2 N–H and O–H groups in total. The number of primary amides is 1. The first-order valence-electron chi connectivity index (χ1n) is 7.92. The average molecular weight is 353 g/mol. The fourth-order valence-corrected chi connectivity index (χ4v) is 3.20. The first-order chi connectivity index (χ1) is 11.9. The van der Waals surface area contributed by atoms with Gasteiger partial charge < -0.3 is 15.2 Å². The second-order valence-corrected chi connectivity index (χ2v) is 6.01. The van der Waals surface area contributed by atoms with E-state index in [-0.39, 0.29) is 18.3 Å². The van der Waals surface area contributed by atoms with Gasteiger partial charge in [-0.05, 0) is 25.0 Å². The van der Waals surface area contributed by atoms with Gasteiger partial charge in [0.15, 0.2) is 0 Å². The maximum absolute atomic E-state index is 13.2. The SMILES string of the molecule is NC(=O)Cn1ccnc1C1CCN(c2ncccc2C(F)(F)F)CC1. The van der Waals surface area contributed by atoms with E-state index in [1.54, 1.807) is 21.9 Å². The van der Waals surface area contributed by atoms with E-state index in [1.807, 2.05) is 0 Å². The molecule has 1 aliphatic rings. The van der Waals surface area contributed by atoms with Crippen molar-refractivity contribution in [1.29, 1.82) is 0 Å². The van der Waals surface area contributed by atoms with Crippen molar-refractivity contribution in [3.05, 3.63) is 42.1 Å². The maximum Gasteiger partial charge on any atom is 0.419 e. The van der Waals surface area contributed by atoms with Crippen LogP contribution >= 0.6 is 0 Å². The minimum absolute atomic E-state index is 0.0334. The minimum Gasteiger partial charge on any atom is -0.368 e. The molecule has 1 fully saturated rings. The van der Waals surface area contributed by atoms with Crippen molar-refractivity contribution < 1.29 is 18.0 Å². The molecule has 9 heteroatoms. The Kier molecular flexibility index (Phi) is 4.65. The molecule has 0 radical (unpaired) electrons. The topological polar surface area (TPSA) is 77.0 Å². The lowest BCUT2D eigenvalue weighted by atomic mass is 9.95. The molecule has 0 unspecified atom stereocenters. The van der Waals surface area contributed by atoms with Crippen LogP contribution in [0.4, 0.5) is 19.0 Å². The number of aromatic nitrogens is 3. The molecule has 25 heavy (non-hydrogen) atoms. The van der Waals surface area contributed by atoms with Crippen LogP contribution in [-0.4, -0.2) is 33.5 Å². The van der Waals surface area contributed by atoms with Crippen molar-refractivity contribution in [2.24, 2.45) is 5.73 Å². The van der Waals surface area contributed by atoms with Crippen molar-refractivity contribution in [2.75, 3.05) is 18.0 Å². The van der Waals surface area contributed by atoms with Gasteiger partial charge in [-0.1, -0.05) is 0 Å². The lowest BCUT2D eigenvalue weighted by Crippen LogP contribution is -2.36. The second-order valence-electron chi connectivity index (χ2n) is 6.01. The Morgan fingerprint density at radius 2 is 1.96 bits per heavy atom. The van der Waals surface area contributed by atoms with Crippen LogP contribution in [0.3, 0.4) is 0 Å². The largest absolute Gasteiger partial charge is 0.419 e. The Labute approximate surface area is 142 Å². The number of rotatable bonds is 4. The smallest absolute Gasteiger partial charge is 0.368 e. The number of hydrogen-bond donors (Lipinski definition) is 1. The van der Waals surface area contributed by atoms with E-state index < -0.39 is 17.6 Å². The number of piperidine rings is 1. The summed E-state index contributed by atoms with van der Waals surface area (Å²) in [5, 5.41) is 0. The van der Waals surface area contributed by atoms with Gasteiger partial charge in [0, 0.05) is 37.6 Å². The summed E-state index contributed by atoms with van der Waals surface area (Å²) >= 11 is 0. The lowest BCUT2D eigenvalue weighted by molar-refractivity contribution is -0.137. The number of pyridine rings is 1. The number of alkyl halides is 3. The molecule has 1 aliphatic heterocycles. The van der Waals surface area contributed by atoms with Gasteiger partial charge in [0.1, 0.15) is 18.2 Å². The molecule has 1 saturated heterocycles. The Morgan fingerprint density at radius 3 is 2.60 bits per heavy atom. The van der Waals surface area contributed by atoms with Crippen molar-refractivity contribution >= 4 is 11.7 Å². The van der Waals surface area contributed by atoms with Crippen LogP contribution in [0.5, 0.6) is 0 Å². The Bertz CT molecular complexity index is 750. The highest BCUT2D eigenvalue weighted by molar-refractivity contribution is 5.73. The van der Waals surface area contributed by atoms with E-state index in [2.05, 4.69) is 9.97 Å². The molecule has 3 rings (SSSR count). The molecule has 0 saturated carbocycles. The molecule has 0 spiro atoms. The highest BCUT2D eigenvalue weighted by Crippen LogP contribution is 2.37. The zero-order chi connectivity index (χ0) is 18.0. The summed E-state index contributed by atoms with van der Waals surface area (Å²) in [7, 11) is 0. The number of carbonyl (C=O) groups excluding carboxylic acids is 1. The molecule has 2 aromatic rings. The van der Waals surface area contributed by atoms with Crippen LogP contribution in [0.2, 0.25) is 0 Å². The van der Waals surface area contributed by atoms with Gasteiger partial charge in [0.2, 0.25) is 5.91 Å². The van der Waals surface area contributed by atoms with E-state index >= 15 is 0 Å². The van der Waals surface area contributed by atoms with Gasteiger partial charge in [0.05, 0.1) is 5.56 Å². The summed E-state index contributed by atoms with van der Waals surface area (Å²) < 4.78 is 41.2. The van der Waals surface area contributed by atoms with Crippen molar-refractivity contribution in [1.82, 2.24) is 14.5 Å². The molecule has 2 aromatic heterocycles. The van der Waals surface area contributed by atoms with E-state index in [0.717, 1.165) is 11.9 Å². The summed E-state index contributed by atoms with van der Waals surface area (Å²) in [6.07, 6.45) is 1.49. The number of imidazole rings is 1. The number of halogens is 3. The Morgan fingerprint density at radius 1 is 1.24 bits per heavy atom. The molecule has 0 aliphatic carbocycles. The van der Waals surface area contributed by atoms with Gasteiger partial charge >= 0.3 is 6.18 Å². The Hall–Kier alpha value is -2.58. The van der Waals surface area contributed by atoms with Crippen molar-refractivity contribution in [2.45, 2.75) is 31.5 Å². The number of anilines is 1. The van der Waals surface area contributed by atoms with Gasteiger partial charge in [0.25, 0.3) is 0 Å².